The highest BCUT2D eigenvalue weighted by atomic mass is 16.1. The van der Waals surface area contributed by atoms with Crippen LogP contribution in [0, 0.1) is 0 Å². The molecule has 1 fully saturated rings. The molecule has 0 spiro atoms. The summed E-state index contributed by atoms with van der Waals surface area (Å²) < 4.78 is 0. The molecule has 1 saturated heterocycles. The van der Waals surface area contributed by atoms with Crippen LogP contribution >= 0.6 is 0 Å². The maximum atomic E-state index is 11.8. The molecule has 1 heterocycles. The summed E-state index contributed by atoms with van der Waals surface area (Å²) in [4.78, 5) is 14.3. The number of nitrogens with one attached hydrogen (secondary N) is 1. The van der Waals surface area contributed by atoms with Crippen molar-refractivity contribution in [3.8, 4) is 0 Å². The first-order valence-corrected chi connectivity index (χ1v) is 8.28. The minimum atomic E-state index is 0.125. The van der Waals surface area contributed by atoms with Crippen molar-refractivity contribution in [2.45, 2.75) is 57.9 Å². The number of amides is 1. The highest BCUT2D eigenvalue weighted by molar-refractivity contribution is 5.91. The van der Waals surface area contributed by atoms with Gasteiger partial charge in [-0.15, -0.1) is 0 Å². The molecule has 0 radical (unpaired) electrons. The number of anilines is 1. The average molecular weight is 288 g/mol. The van der Waals surface area contributed by atoms with Crippen molar-refractivity contribution in [1.82, 2.24) is 4.90 Å². The van der Waals surface area contributed by atoms with E-state index in [1.54, 1.807) is 0 Å². The van der Waals surface area contributed by atoms with Gasteiger partial charge in [0.1, 0.15) is 0 Å². The minimum Gasteiger partial charge on any atom is -0.326 e. The number of carbonyl (C=O) groups excluding carboxylic acids is 1. The Bertz CT molecular complexity index is 458. The predicted octanol–water partition coefficient (Wildman–Crippen LogP) is 3.84. The number of piperidine rings is 1. The zero-order chi connectivity index (χ0) is 15.1. The first-order chi connectivity index (χ1) is 10.2. The fourth-order valence-electron chi connectivity index (χ4n) is 3.13. The fraction of sp³-hybridized carbons (Fsp3) is 0.611. The zero-order valence-electron chi connectivity index (χ0n) is 13.4. The maximum absolute atomic E-state index is 11.8. The van der Waals surface area contributed by atoms with E-state index >= 15 is 0 Å². The fourth-order valence-corrected chi connectivity index (χ4v) is 3.13. The number of aryl methyl sites for hydroxylation is 1. The van der Waals surface area contributed by atoms with Crippen molar-refractivity contribution in [1.29, 1.82) is 0 Å². The van der Waals surface area contributed by atoms with E-state index in [4.69, 9.17) is 0 Å². The van der Waals surface area contributed by atoms with Crippen molar-refractivity contribution in [3.63, 3.8) is 0 Å². The van der Waals surface area contributed by atoms with Crippen LogP contribution in [0.5, 0.6) is 0 Å². The SMILES string of the molecule is CCCC(=O)Nc1ccccc1CCC1CCCCN1C. The number of likely N-dealkylation sites (tertiary alicyclic amines) is 1. The van der Waals surface area contributed by atoms with Crippen LogP contribution in [0.3, 0.4) is 0 Å². The molecule has 0 bridgehead atoms. The van der Waals surface area contributed by atoms with Crippen LogP contribution in [-0.4, -0.2) is 30.4 Å². The monoisotopic (exact) mass is 288 g/mol. The molecule has 1 aliphatic rings. The molecular formula is C18H28N2O. The van der Waals surface area contributed by atoms with E-state index in [2.05, 4.69) is 29.4 Å². The minimum absolute atomic E-state index is 0.125. The highest BCUT2D eigenvalue weighted by Crippen LogP contribution is 2.23. The van der Waals surface area contributed by atoms with Crippen molar-refractivity contribution in [3.05, 3.63) is 29.8 Å². The molecular weight excluding hydrogens is 260 g/mol. The molecule has 1 N–H and O–H groups in total. The largest absolute Gasteiger partial charge is 0.326 e. The molecule has 3 nitrogen and oxygen atoms in total. The molecule has 0 saturated carbocycles. The van der Waals surface area contributed by atoms with Crippen molar-refractivity contribution >= 4 is 11.6 Å². The summed E-state index contributed by atoms with van der Waals surface area (Å²) in [7, 11) is 2.23. The van der Waals surface area contributed by atoms with E-state index in [9.17, 15) is 4.79 Å². The highest BCUT2D eigenvalue weighted by Gasteiger charge is 2.18. The summed E-state index contributed by atoms with van der Waals surface area (Å²) in [6.07, 6.45) is 7.69. The second kappa shape index (κ2) is 8.18. The Labute approximate surface area is 128 Å². The Morgan fingerprint density at radius 1 is 1.33 bits per heavy atom. The molecule has 1 atom stereocenters. The van der Waals surface area contributed by atoms with E-state index < -0.39 is 0 Å². The second-order valence-corrected chi connectivity index (χ2v) is 6.12. The van der Waals surface area contributed by atoms with Gasteiger partial charge in [-0.2, -0.15) is 0 Å². The smallest absolute Gasteiger partial charge is 0.224 e. The van der Waals surface area contributed by atoms with E-state index in [0.29, 0.717) is 12.5 Å². The molecule has 1 aromatic carbocycles. The topological polar surface area (TPSA) is 32.3 Å². The molecule has 116 valence electrons. The van der Waals surface area contributed by atoms with Gasteiger partial charge >= 0.3 is 0 Å². The molecule has 1 aliphatic heterocycles. The number of para-hydroxylation sites is 1. The zero-order valence-corrected chi connectivity index (χ0v) is 13.4. The Morgan fingerprint density at radius 2 is 2.14 bits per heavy atom. The van der Waals surface area contributed by atoms with Gasteiger partial charge < -0.3 is 10.2 Å². The van der Waals surface area contributed by atoms with Crippen molar-refractivity contribution < 1.29 is 4.79 Å². The van der Waals surface area contributed by atoms with Gasteiger partial charge in [0.15, 0.2) is 0 Å². The lowest BCUT2D eigenvalue weighted by molar-refractivity contribution is -0.116. The number of hydrogen-bond donors (Lipinski definition) is 1. The summed E-state index contributed by atoms with van der Waals surface area (Å²) in [5.74, 6) is 0.125. The normalized spacial score (nSPS) is 19.4. The van der Waals surface area contributed by atoms with Crippen LogP contribution in [-0.2, 0) is 11.2 Å². The lowest BCUT2D eigenvalue weighted by Gasteiger charge is -2.32. The molecule has 0 aromatic heterocycles. The van der Waals surface area contributed by atoms with Gasteiger partial charge in [-0.05, 0) is 57.3 Å². The molecule has 1 amide bonds. The van der Waals surface area contributed by atoms with E-state index in [1.807, 2.05) is 19.1 Å². The van der Waals surface area contributed by atoms with E-state index in [1.165, 1.54) is 37.8 Å². The third-order valence-corrected chi connectivity index (χ3v) is 4.44. The number of benzene rings is 1. The summed E-state index contributed by atoms with van der Waals surface area (Å²) in [5.41, 5.74) is 2.26. The molecule has 3 heteroatoms. The van der Waals surface area contributed by atoms with Gasteiger partial charge in [-0.25, -0.2) is 0 Å². The third kappa shape index (κ3) is 4.85. The van der Waals surface area contributed by atoms with Crippen molar-refractivity contribution in [2.75, 3.05) is 18.9 Å². The van der Waals surface area contributed by atoms with Gasteiger partial charge in [0, 0.05) is 18.2 Å². The van der Waals surface area contributed by atoms with Gasteiger partial charge in [0.2, 0.25) is 5.91 Å². The predicted molar refractivity (Wildman–Crippen MR) is 88.6 cm³/mol. The first kappa shape index (κ1) is 16.0. The first-order valence-electron chi connectivity index (χ1n) is 8.28. The van der Waals surface area contributed by atoms with Crippen LogP contribution in [0.15, 0.2) is 24.3 Å². The number of carbonyl (C=O) groups is 1. The lowest BCUT2D eigenvalue weighted by Crippen LogP contribution is -2.36. The third-order valence-electron chi connectivity index (χ3n) is 4.44. The van der Waals surface area contributed by atoms with Crippen LogP contribution in [0.1, 0.15) is 51.0 Å². The summed E-state index contributed by atoms with van der Waals surface area (Å²) in [5, 5.41) is 3.06. The van der Waals surface area contributed by atoms with Crippen LogP contribution < -0.4 is 5.32 Å². The van der Waals surface area contributed by atoms with Crippen LogP contribution in [0.25, 0.3) is 0 Å². The summed E-state index contributed by atoms with van der Waals surface area (Å²) in [6.45, 7) is 3.25. The summed E-state index contributed by atoms with van der Waals surface area (Å²) >= 11 is 0. The standard InChI is InChI=1S/C18H28N2O/c1-3-8-18(21)19-17-11-5-4-9-15(17)12-13-16-10-6-7-14-20(16)2/h4-5,9,11,16H,3,6-8,10,12-14H2,1-2H3,(H,19,21). The maximum Gasteiger partial charge on any atom is 0.224 e. The lowest BCUT2D eigenvalue weighted by atomic mass is 9.96. The Kier molecular flexibility index (Phi) is 6.24. The van der Waals surface area contributed by atoms with Gasteiger partial charge in [0.25, 0.3) is 0 Å². The molecule has 2 rings (SSSR count). The van der Waals surface area contributed by atoms with Gasteiger partial charge in [0.05, 0.1) is 0 Å². The van der Waals surface area contributed by atoms with E-state index in [-0.39, 0.29) is 5.91 Å². The Morgan fingerprint density at radius 3 is 2.90 bits per heavy atom. The number of rotatable bonds is 6. The number of nitrogens with zero attached hydrogens (tertiary/aromatic N) is 1. The van der Waals surface area contributed by atoms with Crippen LogP contribution in [0.2, 0.25) is 0 Å². The average Bonchev–Trinajstić information content (AvgIpc) is 2.48. The second-order valence-electron chi connectivity index (χ2n) is 6.12. The molecule has 0 aliphatic carbocycles. The molecule has 21 heavy (non-hydrogen) atoms. The van der Waals surface area contributed by atoms with E-state index in [0.717, 1.165) is 18.5 Å². The van der Waals surface area contributed by atoms with Crippen molar-refractivity contribution in [2.24, 2.45) is 0 Å². The quantitative estimate of drug-likeness (QED) is 0.862. The van der Waals surface area contributed by atoms with Gasteiger partial charge in [-0.3, -0.25) is 4.79 Å². The molecule has 1 unspecified atom stereocenters. The Hall–Kier alpha value is -1.35. The van der Waals surface area contributed by atoms with Crippen LogP contribution in [0.4, 0.5) is 5.69 Å². The summed E-state index contributed by atoms with van der Waals surface area (Å²) in [6, 6.07) is 8.92. The Balaban J connectivity index is 1.94. The van der Waals surface area contributed by atoms with Gasteiger partial charge in [-0.1, -0.05) is 31.5 Å². The molecule has 1 aromatic rings. The number of hydrogen-bond acceptors (Lipinski definition) is 2.